The van der Waals surface area contributed by atoms with Crippen LogP contribution in [0.5, 0.6) is 0 Å². The summed E-state index contributed by atoms with van der Waals surface area (Å²) in [5.41, 5.74) is 2.40. The number of anilines is 1. The zero-order valence-corrected chi connectivity index (χ0v) is 11.3. The summed E-state index contributed by atoms with van der Waals surface area (Å²) in [7, 11) is 1.68. The third-order valence-electron chi connectivity index (χ3n) is 3.17. The molecule has 1 rings (SSSR count). The Morgan fingerprint density at radius 3 is 2.61 bits per heavy atom. The number of rotatable bonds is 7. The molecule has 0 saturated heterocycles. The molecular formula is C14H22N2O2. The van der Waals surface area contributed by atoms with Crippen molar-refractivity contribution in [2.45, 2.75) is 26.3 Å². The monoisotopic (exact) mass is 250 g/mol. The van der Waals surface area contributed by atoms with Crippen LogP contribution >= 0.6 is 0 Å². The predicted octanol–water partition coefficient (Wildman–Crippen LogP) is 1.88. The third-order valence-corrected chi connectivity index (χ3v) is 3.17. The van der Waals surface area contributed by atoms with Crippen LogP contribution in [-0.2, 0) is 4.79 Å². The van der Waals surface area contributed by atoms with E-state index < -0.39 is 12.0 Å². The van der Waals surface area contributed by atoms with Crippen molar-refractivity contribution >= 4 is 11.7 Å². The average molecular weight is 250 g/mol. The van der Waals surface area contributed by atoms with Crippen LogP contribution in [0.1, 0.15) is 18.9 Å². The summed E-state index contributed by atoms with van der Waals surface area (Å²) < 4.78 is 0. The maximum absolute atomic E-state index is 11.0. The fourth-order valence-corrected chi connectivity index (χ4v) is 2.04. The molecule has 0 fully saturated rings. The van der Waals surface area contributed by atoms with Crippen LogP contribution in [0.4, 0.5) is 5.69 Å². The Kier molecular flexibility index (Phi) is 5.65. The summed E-state index contributed by atoms with van der Waals surface area (Å²) in [6, 6.07) is 7.69. The molecule has 1 aromatic carbocycles. The van der Waals surface area contributed by atoms with E-state index in [-0.39, 0.29) is 0 Å². The van der Waals surface area contributed by atoms with Crippen molar-refractivity contribution in [3.63, 3.8) is 0 Å². The van der Waals surface area contributed by atoms with Gasteiger partial charge in [0.1, 0.15) is 6.04 Å². The van der Waals surface area contributed by atoms with Crippen LogP contribution in [-0.4, -0.2) is 37.3 Å². The molecule has 0 aliphatic rings. The van der Waals surface area contributed by atoms with E-state index in [0.717, 1.165) is 13.1 Å². The van der Waals surface area contributed by atoms with Gasteiger partial charge in [-0.15, -0.1) is 0 Å². The highest BCUT2D eigenvalue weighted by molar-refractivity contribution is 5.73. The van der Waals surface area contributed by atoms with Crippen LogP contribution in [0.3, 0.4) is 0 Å². The number of aliphatic carboxylic acids is 1. The maximum atomic E-state index is 11.0. The summed E-state index contributed by atoms with van der Waals surface area (Å²) in [5.74, 6) is -0.793. The highest BCUT2D eigenvalue weighted by Crippen LogP contribution is 2.19. The molecule has 1 aromatic rings. The fourth-order valence-electron chi connectivity index (χ4n) is 2.04. The van der Waals surface area contributed by atoms with E-state index in [0.29, 0.717) is 6.42 Å². The second-order valence-electron chi connectivity index (χ2n) is 4.33. The van der Waals surface area contributed by atoms with E-state index in [4.69, 9.17) is 5.11 Å². The van der Waals surface area contributed by atoms with Gasteiger partial charge in [-0.25, -0.2) is 0 Å². The van der Waals surface area contributed by atoms with E-state index in [9.17, 15) is 4.79 Å². The number of para-hydroxylation sites is 1. The molecule has 4 heteroatoms. The molecule has 0 saturated carbocycles. The second-order valence-corrected chi connectivity index (χ2v) is 4.33. The van der Waals surface area contributed by atoms with Crippen LogP contribution in [0, 0.1) is 6.92 Å². The van der Waals surface area contributed by atoms with Crippen LogP contribution in [0.25, 0.3) is 0 Å². The molecule has 0 aromatic heterocycles. The first-order valence-electron chi connectivity index (χ1n) is 6.30. The average Bonchev–Trinajstić information content (AvgIpc) is 2.36. The van der Waals surface area contributed by atoms with Gasteiger partial charge in [-0.3, -0.25) is 4.79 Å². The SMILES string of the molecule is CCN(CCC(NC)C(=O)O)c1ccccc1C. The Morgan fingerprint density at radius 2 is 2.11 bits per heavy atom. The minimum absolute atomic E-state index is 0.483. The molecule has 0 heterocycles. The molecule has 0 spiro atoms. The Labute approximate surface area is 109 Å². The van der Waals surface area contributed by atoms with E-state index in [2.05, 4.69) is 36.2 Å². The Balaban J connectivity index is 2.68. The van der Waals surface area contributed by atoms with Crippen molar-refractivity contribution in [1.29, 1.82) is 0 Å². The Morgan fingerprint density at radius 1 is 1.44 bits per heavy atom. The maximum Gasteiger partial charge on any atom is 0.320 e. The molecule has 0 aliphatic carbocycles. The number of likely N-dealkylation sites (N-methyl/N-ethyl adjacent to an activating group) is 1. The Bertz CT molecular complexity index is 393. The predicted molar refractivity (Wildman–Crippen MR) is 74.2 cm³/mol. The van der Waals surface area contributed by atoms with Crippen molar-refractivity contribution in [2.24, 2.45) is 0 Å². The zero-order valence-electron chi connectivity index (χ0n) is 11.3. The molecule has 1 unspecified atom stereocenters. The van der Waals surface area contributed by atoms with Gasteiger partial charge in [0.15, 0.2) is 0 Å². The van der Waals surface area contributed by atoms with Gasteiger partial charge in [-0.1, -0.05) is 18.2 Å². The van der Waals surface area contributed by atoms with Crippen molar-refractivity contribution in [2.75, 3.05) is 25.0 Å². The number of aryl methyl sites for hydroxylation is 1. The normalized spacial score (nSPS) is 12.2. The number of carbonyl (C=O) groups is 1. The lowest BCUT2D eigenvalue weighted by Crippen LogP contribution is -2.38. The number of nitrogens with one attached hydrogen (secondary N) is 1. The molecule has 0 radical (unpaired) electrons. The summed E-state index contributed by atoms with van der Waals surface area (Å²) in [5, 5.41) is 11.8. The summed E-state index contributed by atoms with van der Waals surface area (Å²) in [6.45, 7) is 5.77. The topological polar surface area (TPSA) is 52.6 Å². The van der Waals surface area contributed by atoms with E-state index in [1.54, 1.807) is 7.05 Å². The molecular weight excluding hydrogens is 228 g/mol. The van der Waals surface area contributed by atoms with Gasteiger partial charge in [0, 0.05) is 18.8 Å². The summed E-state index contributed by atoms with van der Waals surface area (Å²) in [6.07, 6.45) is 0.591. The fraction of sp³-hybridized carbons (Fsp3) is 0.500. The molecule has 100 valence electrons. The van der Waals surface area contributed by atoms with E-state index >= 15 is 0 Å². The highest BCUT2D eigenvalue weighted by Gasteiger charge is 2.16. The quantitative estimate of drug-likeness (QED) is 0.776. The molecule has 2 N–H and O–H groups in total. The largest absolute Gasteiger partial charge is 0.480 e. The Hall–Kier alpha value is -1.55. The second kappa shape index (κ2) is 7.01. The van der Waals surface area contributed by atoms with Crippen molar-refractivity contribution < 1.29 is 9.90 Å². The lowest BCUT2D eigenvalue weighted by Gasteiger charge is -2.26. The van der Waals surface area contributed by atoms with Crippen molar-refractivity contribution in [3.05, 3.63) is 29.8 Å². The van der Waals surface area contributed by atoms with Gasteiger partial charge in [0.2, 0.25) is 0 Å². The van der Waals surface area contributed by atoms with Crippen LogP contribution in [0.2, 0.25) is 0 Å². The number of benzene rings is 1. The van der Waals surface area contributed by atoms with Gasteiger partial charge in [0.25, 0.3) is 0 Å². The minimum Gasteiger partial charge on any atom is -0.480 e. The number of carboxylic acids is 1. The number of hydrogen-bond donors (Lipinski definition) is 2. The third kappa shape index (κ3) is 3.74. The van der Waals surface area contributed by atoms with E-state index in [1.165, 1.54) is 11.3 Å². The van der Waals surface area contributed by atoms with Crippen molar-refractivity contribution in [1.82, 2.24) is 5.32 Å². The molecule has 0 bridgehead atoms. The van der Waals surface area contributed by atoms with Crippen LogP contribution < -0.4 is 10.2 Å². The highest BCUT2D eigenvalue weighted by atomic mass is 16.4. The summed E-state index contributed by atoms with van der Waals surface area (Å²) in [4.78, 5) is 13.2. The first-order chi connectivity index (χ1) is 8.60. The van der Waals surface area contributed by atoms with Gasteiger partial charge in [0.05, 0.1) is 0 Å². The van der Waals surface area contributed by atoms with Gasteiger partial charge >= 0.3 is 5.97 Å². The van der Waals surface area contributed by atoms with Crippen molar-refractivity contribution in [3.8, 4) is 0 Å². The minimum atomic E-state index is -0.793. The first-order valence-corrected chi connectivity index (χ1v) is 6.30. The number of carboxylic acid groups (broad SMARTS) is 1. The van der Waals surface area contributed by atoms with Gasteiger partial charge in [-0.2, -0.15) is 0 Å². The van der Waals surface area contributed by atoms with Gasteiger partial charge < -0.3 is 15.3 Å². The molecule has 18 heavy (non-hydrogen) atoms. The van der Waals surface area contributed by atoms with Gasteiger partial charge in [-0.05, 0) is 38.9 Å². The molecule has 1 atom stereocenters. The lowest BCUT2D eigenvalue weighted by molar-refractivity contribution is -0.139. The number of hydrogen-bond acceptors (Lipinski definition) is 3. The number of nitrogens with zero attached hydrogens (tertiary/aromatic N) is 1. The molecule has 0 amide bonds. The van der Waals surface area contributed by atoms with E-state index in [1.807, 2.05) is 12.1 Å². The standard InChI is InChI=1S/C14H22N2O2/c1-4-16(10-9-12(15-3)14(17)18)13-8-6-5-7-11(13)2/h5-8,12,15H,4,9-10H2,1-3H3,(H,17,18). The zero-order chi connectivity index (χ0) is 13.5. The lowest BCUT2D eigenvalue weighted by atomic mass is 10.1. The first kappa shape index (κ1) is 14.5. The smallest absolute Gasteiger partial charge is 0.320 e. The summed E-state index contributed by atoms with van der Waals surface area (Å²) >= 11 is 0. The van der Waals surface area contributed by atoms with Crippen LogP contribution in [0.15, 0.2) is 24.3 Å². The molecule has 4 nitrogen and oxygen atoms in total. The molecule has 0 aliphatic heterocycles.